The van der Waals surface area contributed by atoms with Gasteiger partial charge in [-0.1, -0.05) is 13.0 Å². The first-order valence-electron chi connectivity index (χ1n) is 9.39. The summed E-state index contributed by atoms with van der Waals surface area (Å²) in [6.07, 6.45) is 3.24. The van der Waals surface area contributed by atoms with Crippen molar-refractivity contribution in [3.63, 3.8) is 0 Å². The fourth-order valence-corrected chi connectivity index (χ4v) is 2.85. The Hall–Kier alpha value is -2.62. The first-order valence-corrected chi connectivity index (χ1v) is 10.8. The molecule has 0 radical (unpaired) electrons. The molecule has 0 aliphatic rings. The first-order chi connectivity index (χ1) is 13.8. The van der Waals surface area contributed by atoms with Crippen LogP contribution >= 0.6 is 11.8 Å². The van der Waals surface area contributed by atoms with Gasteiger partial charge in [0.15, 0.2) is 0 Å². The molecule has 0 aliphatic heterocycles. The summed E-state index contributed by atoms with van der Waals surface area (Å²) in [4.78, 5) is 47.0. The third kappa shape index (κ3) is 8.95. The zero-order chi connectivity index (χ0) is 21.8. The van der Waals surface area contributed by atoms with Crippen molar-refractivity contribution >= 4 is 35.2 Å². The lowest BCUT2D eigenvalue weighted by Gasteiger charge is -2.18. The van der Waals surface area contributed by atoms with Crippen molar-refractivity contribution in [2.75, 3.05) is 18.6 Å². The number of carbonyl (C=O) groups excluding carboxylic acids is 3. The van der Waals surface area contributed by atoms with Crippen LogP contribution in [-0.4, -0.2) is 53.3 Å². The number of non-ortho nitro benzene ring substituents is 1. The number of nitro groups is 1. The second-order valence-corrected chi connectivity index (χ2v) is 7.52. The Bertz CT molecular complexity index is 728. The van der Waals surface area contributed by atoms with E-state index in [0.717, 1.165) is 12.5 Å². The zero-order valence-electron chi connectivity index (χ0n) is 16.9. The molecule has 2 atom stereocenters. The van der Waals surface area contributed by atoms with E-state index in [1.807, 2.05) is 20.1 Å². The molecule has 0 aliphatic carbocycles. The third-order valence-electron chi connectivity index (χ3n) is 4.22. The van der Waals surface area contributed by atoms with E-state index in [0.29, 0.717) is 12.2 Å². The van der Waals surface area contributed by atoms with Gasteiger partial charge in [0.25, 0.3) is 11.6 Å². The Labute approximate surface area is 174 Å². The van der Waals surface area contributed by atoms with Crippen molar-refractivity contribution in [3.05, 3.63) is 39.9 Å². The lowest BCUT2D eigenvalue weighted by molar-refractivity contribution is -0.384. The number of carbonyl (C=O) groups is 3. The topological polar surface area (TPSA) is 130 Å². The molecule has 0 heterocycles. The van der Waals surface area contributed by atoms with Crippen molar-refractivity contribution in [1.82, 2.24) is 16.0 Å². The van der Waals surface area contributed by atoms with Gasteiger partial charge in [0.2, 0.25) is 11.8 Å². The van der Waals surface area contributed by atoms with Gasteiger partial charge in [-0.25, -0.2) is 0 Å². The SMILES string of the molecule is CCC(C)NC(=O)CCNC(=O)C(CCSC)NC(=O)c1cccc([N+](=O)[O-])c1. The number of amides is 3. The summed E-state index contributed by atoms with van der Waals surface area (Å²) < 4.78 is 0. The Morgan fingerprint density at radius 3 is 2.59 bits per heavy atom. The highest BCUT2D eigenvalue weighted by Crippen LogP contribution is 2.13. The maximum absolute atomic E-state index is 12.5. The Morgan fingerprint density at radius 2 is 1.97 bits per heavy atom. The number of nitrogens with one attached hydrogen (secondary N) is 3. The zero-order valence-corrected chi connectivity index (χ0v) is 17.7. The molecule has 0 spiro atoms. The van der Waals surface area contributed by atoms with Crippen LogP contribution in [0.1, 0.15) is 43.5 Å². The van der Waals surface area contributed by atoms with Gasteiger partial charge in [-0.05, 0) is 37.8 Å². The second-order valence-electron chi connectivity index (χ2n) is 6.53. The Morgan fingerprint density at radius 1 is 1.24 bits per heavy atom. The highest BCUT2D eigenvalue weighted by molar-refractivity contribution is 7.98. The number of hydrogen-bond acceptors (Lipinski definition) is 6. The maximum atomic E-state index is 12.5. The van der Waals surface area contributed by atoms with Crippen molar-refractivity contribution in [2.45, 2.75) is 45.2 Å². The van der Waals surface area contributed by atoms with Crippen LogP contribution in [0.5, 0.6) is 0 Å². The second kappa shape index (κ2) is 12.8. The van der Waals surface area contributed by atoms with Crippen molar-refractivity contribution in [3.8, 4) is 0 Å². The minimum Gasteiger partial charge on any atom is -0.354 e. The number of nitrogens with zero attached hydrogens (tertiary/aromatic N) is 1. The molecule has 10 heteroatoms. The van der Waals surface area contributed by atoms with E-state index in [9.17, 15) is 24.5 Å². The minimum atomic E-state index is -0.799. The summed E-state index contributed by atoms with van der Waals surface area (Å²) in [7, 11) is 0. The summed E-state index contributed by atoms with van der Waals surface area (Å²) in [5, 5.41) is 19.0. The minimum absolute atomic E-state index is 0.0711. The average Bonchev–Trinajstić information content (AvgIpc) is 2.70. The first kappa shape index (κ1) is 24.4. The van der Waals surface area contributed by atoms with E-state index >= 15 is 0 Å². The van der Waals surface area contributed by atoms with Gasteiger partial charge in [-0.15, -0.1) is 0 Å². The molecule has 0 saturated carbocycles. The molecule has 0 fully saturated rings. The molecule has 3 amide bonds. The van der Waals surface area contributed by atoms with Crippen LogP contribution in [0.25, 0.3) is 0 Å². The van der Waals surface area contributed by atoms with E-state index in [1.54, 1.807) is 0 Å². The fourth-order valence-electron chi connectivity index (χ4n) is 2.38. The summed E-state index contributed by atoms with van der Waals surface area (Å²) in [5.41, 5.74) is -0.0934. The van der Waals surface area contributed by atoms with Crippen molar-refractivity contribution in [2.24, 2.45) is 0 Å². The van der Waals surface area contributed by atoms with Crippen molar-refractivity contribution < 1.29 is 19.3 Å². The van der Waals surface area contributed by atoms with Gasteiger partial charge in [0.1, 0.15) is 6.04 Å². The van der Waals surface area contributed by atoms with Crippen LogP contribution in [0.2, 0.25) is 0 Å². The molecule has 1 rings (SSSR count). The normalized spacial score (nSPS) is 12.5. The molecule has 0 saturated heterocycles. The summed E-state index contributed by atoms with van der Waals surface area (Å²) in [6, 6.07) is 4.59. The molecule has 2 unspecified atom stereocenters. The standard InChI is InChI=1S/C19H28N4O5S/c1-4-13(2)21-17(24)8-10-20-19(26)16(9-11-29-3)22-18(25)14-6-5-7-15(12-14)23(27)28/h5-7,12-13,16H,4,8-11H2,1-3H3,(H,20,26)(H,21,24)(H,22,25). The van der Waals surface area contributed by atoms with E-state index in [-0.39, 0.29) is 36.2 Å². The van der Waals surface area contributed by atoms with Gasteiger partial charge in [0.05, 0.1) is 4.92 Å². The van der Waals surface area contributed by atoms with Crippen LogP contribution < -0.4 is 16.0 Å². The average molecular weight is 425 g/mol. The Kier molecular flexibility index (Phi) is 10.7. The molecule has 9 nitrogen and oxygen atoms in total. The smallest absolute Gasteiger partial charge is 0.270 e. The monoisotopic (exact) mass is 424 g/mol. The predicted octanol–water partition coefficient (Wildman–Crippen LogP) is 1.87. The molecule has 29 heavy (non-hydrogen) atoms. The highest BCUT2D eigenvalue weighted by Gasteiger charge is 2.22. The van der Waals surface area contributed by atoms with Crippen LogP contribution in [0.4, 0.5) is 5.69 Å². The number of nitro benzene ring substituents is 1. The number of rotatable bonds is 12. The molecular weight excluding hydrogens is 396 g/mol. The summed E-state index contributed by atoms with van der Waals surface area (Å²) >= 11 is 1.53. The van der Waals surface area contributed by atoms with E-state index in [2.05, 4.69) is 16.0 Å². The van der Waals surface area contributed by atoms with Crippen LogP contribution in [0.15, 0.2) is 24.3 Å². The highest BCUT2D eigenvalue weighted by atomic mass is 32.2. The van der Waals surface area contributed by atoms with E-state index < -0.39 is 22.8 Å². The molecule has 1 aromatic carbocycles. The summed E-state index contributed by atoms with van der Waals surface area (Å²) in [6.45, 7) is 4.02. The van der Waals surface area contributed by atoms with Crippen LogP contribution in [0, 0.1) is 10.1 Å². The number of thioether (sulfide) groups is 1. The van der Waals surface area contributed by atoms with Gasteiger partial charge < -0.3 is 16.0 Å². The predicted molar refractivity (Wildman–Crippen MR) is 113 cm³/mol. The van der Waals surface area contributed by atoms with Gasteiger partial charge in [-0.3, -0.25) is 24.5 Å². The fraction of sp³-hybridized carbons (Fsp3) is 0.526. The van der Waals surface area contributed by atoms with Gasteiger partial charge in [-0.2, -0.15) is 11.8 Å². The lowest BCUT2D eigenvalue weighted by Crippen LogP contribution is -2.47. The quantitative estimate of drug-likeness (QED) is 0.347. The third-order valence-corrected chi connectivity index (χ3v) is 4.87. The van der Waals surface area contributed by atoms with Gasteiger partial charge >= 0.3 is 0 Å². The summed E-state index contributed by atoms with van der Waals surface area (Å²) in [5.74, 6) is -0.471. The molecule has 1 aromatic rings. The Balaban J connectivity index is 2.67. The molecule has 0 aromatic heterocycles. The van der Waals surface area contributed by atoms with E-state index in [1.165, 1.54) is 30.0 Å². The number of hydrogen-bond donors (Lipinski definition) is 3. The molecule has 0 bridgehead atoms. The van der Waals surface area contributed by atoms with Crippen LogP contribution in [-0.2, 0) is 9.59 Å². The maximum Gasteiger partial charge on any atom is 0.270 e. The molecule has 3 N–H and O–H groups in total. The number of benzene rings is 1. The largest absolute Gasteiger partial charge is 0.354 e. The molecule has 160 valence electrons. The molecular formula is C19H28N4O5S. The lowest BCUT2D eigenvalue weighted by atomic mass is 10.1. The van der Waals surface area contributed by atoms with Crippen molar-refractivity contribution in [1.29, 1.82) is 0 Å². The van der Waals surface area contributed by atoms with Gasteiger partial charge in [0, 0.05) is 36.7 Å². The van der Waals surface area contributed by atoms with Crippen LogP contribution in [0.3, 0.4) is 0 Å². The van der Waals surface area contributed by atoms with E-state index in [4.69, 9.17) is 0 Å².